The van der Waals surface area contributed by atoms with E-state index in [1.165, 1.54) is 0 Å². The number of rotatable bonds is 3. The van der Waals surface area contributed by atoms with Crippen LogP contribution in [0.1, 0.15) is 16.8 Å². The summed E-state index contributed by atoms with van der Waals surface area (Å²) in [5.74, 6) is -0.474. The van der Waals surface area contributed by atoms with Crippen LogP contribution in [0.2, 0.25) is 0 Å². The van der Waals surface area contributed by atoms with Crippen LogP contribution in [0.5, 0.6) is 0 Å². The molecule has 1 unspecified atom stereocenters. The van der Waals surface area contributed by atoms with E-state index in [0.717, 1.165) is 25.2 Å². The van der Waals surface area contributed by atoms with Crippen LogP contribution in [0.15, 0.2) is 18.2 Å². The van der Waals surface area contributed by atoms with Crippen LogP contribution in [-0.4, -0.2) is 44.0 Å². The van der Waals surface area contributed by atoms with Crippen molar-refractivity contribution in [2.75, 3.05) is 37.8 Å². The first-order valence-electron chi connectivity index (χ1n) is 6.10. The largest absolute Gasteiger partial charge is 0.396 e. The highest BCUT2D eigenvalue weighted by molar-refractivity contribution is 6.00. The Balaban J connectivity index is 2.25. The molecule has 0 spiro atoms. The van der Waals surface area contributed by atoms with Crippen molar-refractivity contribution in [1.82, 2.24) is 4.90 Å². The molecule has 1 aromatic carbocycles. The number of anilines is 2. The van der Waals surface area contributed by atoms with Gasteiger partial charge in [-0.15, -0.1) is 0 Å². The molecule has 0 radical (unpaired) electrons. The fraction of sp³-hybridized carbons (Fsp3) is 0.462. The summed E-state index contributed by atoms with van der Waals surface area (Å²) in [6, 6.07) is 5.97. The summed E-state index contributed by atoms with van der Waals surface area (Å²) in [6.45, 7) is 1.88. The molecule has 1 saturated heterocycles. The van der Waals surface area contributed by atoms with Crippen molar-refractivity contribution in [3.05, 3.63) is 23.8 Å². The Labute approximate surface area is 107 Å². The third-order valence-electron chi connectivity index (χ3n) is 3.58. The Morgan fingerprint density at radius 3 is 2.72 bits per heavy atom. The van der Waals surface area contributed by atoms with Crippen molar-refractivity contribution in [3.63, 3.8) is 0 Å². The number of nitrogens with two attached hydrogens (primary N) is 2. The van der Waals surface area contributed by atoms with Crippen molar-refractivity contribution in [2.24, 2.45) is 5.73 Å². The summed E-state index contributed by atoms with van der Waals surface area (Å²) in [4.78, 5) is 15.7. The van der Waals surface area contributed by atoms with E-state index in [-0.39, 0.29) is 0 Å². The van der Waals surface area contributed by atoms with E-state index in [1.807, 2.05) is 12.1 Å². The van der Waals surface area contributed by atoms with E-state index >= 15 is 0 Å². The zero-order valence-corrected chi connectivity index (χ0v) is 10.9. The van der Waals surface area contributed by atoms with Crippen molar-refractivity contribution >= 4 is 17.3 Å². The quantitative estimate of drug-likeness (QED) is 0.764. The van der Waals surface area contributed by atoms with Crippen LogP contribution in [0, 0.1) is 0 Å². The molecule has 0 aromatic heterocycles. The predicted molar refractivity (Wildman–Crippen MR) is 73.7 cm³/mol. The highest BCUT2D eigenvalue weighted by atomic mass is 16.1. The van der Waals surface area contributed by atoms with Gasteiger partial charge >= 0.3 is 0 Å². The molecule has 0 bridgehead atoms. The smallest absolute Gasteiger partial charge is 0.250 e. The van der Waals surface area contributed by atoms with Crippen LogP contribution in [0.4, 0.5) is 11.4 Å². The molecule has 1 aliphatic rings. The van der Waals surface area contributed by atoms with Gasteiger partial charge in [0, 0.05) is 19.1 Å². The number of nitrogen functional groups attached to an aromatic ring is 1. The second-order valence-corrected chi connectivity index (χ2v) is 4.95. The van der Waals surface area contributed by atoms with Crippen LogP contribution < -0.4 is 16.4 Å². The molecular formula is C13H20N4O. The van der Waals surface area contributed by atoms with Gasteiger partial charge in [0.2, 0.25) is 0 Å². The monoisotopic (exact) mass is 248 g/mol. The molecule has 1 amide bonds. The van der Waals surface area contributed by atoms with Gasteiger partial charge in [-0.3, -0.25) is 4.79 Å². The Kier molecular flexibility index (Phi) is 3.43. The van der Waals surface area contributed by atoms with Crippen molar-refractivity contribution in [1.29, 1.82) is 0 Å². The average Bonchev–Trinajstić information content (AvgIpc) is 2.78. The number of likely N-dealkylation sites (N-methyl/N-ethyl adjacent to an activating group) is 1. The minimum absolute atomic E-state index is 0.404. The highest BCUT2D eigenvalue weighted by Crippen LogP contribution is 2.30. The molecule has 4 N–H and O–H groups in total. The summed E-state index contributed by atoms with van der Waals surface area (Å²) in [6.07, 6.45) is 1.10. The third-order valence-corrected chi connectivity index (χ3v) is 3.58. The third kappa shape index (κ3) is 2.26. The average molecular weight is 248 g/mol. The van der Waals surface area contributed by atoms with Crippen LogP contribution >= 0.6 is 0 Å². The minimum Gasteiger partial charge on any atom is -0.396 e. The summed E-state index contributed by atoms with van der Waals surface area (Å²) < 4.78 is 0. The van der Waals surface area contributed by atoms with E-state index in [0.29, 0.717) is 17.3 Å². The first-order valence-corrected chi connectivity index (χ1v) is 6.10. The molecule has 5 heteroatoms. The van der Waals surface area contributed by atoms with E-state index in [4.69, 9.17) is 11.5 Å². The molecule has 5 nitrogen and oxygen atoms in total. The second kappa shape index (κ2) is 4.86. The molecule has 0 aliphatic carbocycles. The van der Waals surface area contributed by atoms with E-state index in [9.17, 15) is 4.79 Å². The molecule has 1 aromatic rings. The van der Waals surface area contributed by atoms with E-state index < -0.39 is 5.91 Å². The van der Waals surface area contributed by atoms with Gasteiger partial charge in [0.1, 0.15) is 0 Å². The Bertz CT molecular complexity index is 458. The first kappa shape index (κ1) is 12.7. The van der Waals surface area contributed by atoms with Gasteiger partial charge in [-0.25, -0.2) is 0 Å². The molecule has 1 atom stereocenters. The van der Waals surface area contributed by atoms with Gasteiger partial charge in [0.15, 0.2) is 0 Å². The number of carbonyl (C=O) groups excluding carboxylic acids is 1. The Hall–Kier alpha value is -1.75. The predicted octanol–water partition coefficient (Wildman–Crippen LogP) is 0.508. The lowest BCUT2D eigenvalue weighted by molar-refractivity contribution is 0.100. The number of amides is 1. The lowest BCUT2D eigenvalue weighted by Crippen LogP contribution is -2.31. The first-order chi connectivity index (χ1) is 8.50. The lowest BCUT2D eigenvalue weighted by atomic mass is 10.1. The fourth-order valence-electron chi connectivity index (χ4n) is 2.43. The number of carbonyl (C=O) groups is 1. The topological polar surface area (TPSA) is 75.6 Å². The summed E-state index contributed by atoms with van der Waals surface area (Å²) in [7, 11) is 4.16. The second-order valence-electron chi connectivity index (χ2n) is 4.95. The molecule has 1 aliphatic heterocycles. The molecule has 2 rings (SSSR count). The summed E-state index contributed by atoms with van der Waals surface area (Å²) in [5, 5.41) is 0. The van der Waals surface area contributed by atoms with Crippen molar-refractivity contribution in [3.8, 4) is 0 Å². The molecule has 18 heavy (non-hydrogen) atoms. The number of hydrogen-bond acceptors (Lipinski definition) is 4. The van der Waals surface area contributed by atoms with Crippen LogP contribution in [0.25, 0.3) is 0 Å². The molecule has 98 valence electrons. The number of primary amides is 1. The number of benzene rings is 1. The summed E-state index contributed by atoms with van der Waals surface area (Å²) >= 11 is 0. The van der Waals surface area contributed by atoms with Gasteiger partial charge in [-0.1, -0.05) is 6.07 Å². The zero-order chi connectivity index (χ0) is 13.3. The van der Waals surface area contributed by atoms with Gasteiger partial charge < -0.3 is 21.3 Å². The number of para-hydroxylation sites is 1. The summed E-state index contributed by atoms with van der Waals surface area (Å²) in [5.41, 5.74) is 13.1. The Morgan fingerprint density at radius 1 is 1.44 bits per heavy atom. The van der Waals surface area contributed by atoms with Crippen LogP contribution in [0.3, 0.4) is 0 Å². The van der Waals surface area contributed by atoms with Crippen molar-refractivity contribution in [2.45, 2.75) is 12.5 Å². The van der Waals surface area contributed by atoms with Crippen molar-refractivity contribution < 1.29 is 4.79 Å². The van der Waals surface area contributed by atoms with Gasteiger partial charge in [0.25, 0.3) is 5.91 Å². The SMILES string of the molecule is CN(C)C1CCN(c2cccc(C(N)=O)c2N)C1. The molecule has 1 heterocycles. The normalized spacial score (nSPS) is 19.5. The maximum atomic E-state index is 11.3. The number of nitrogens with zero attached hydrogens (tertiary/aromatic N) is 2. The zero-order valence-electron chi connectivity index (χ0n) is 10.9. The Morgan fingerprint density at radius 2 is 2.17 bits per heavy atom. The van der Waals surface area contributed by atoms with Gasteiger partial charge in [0.05, 0.1) is 16.9 Å². The van der Waals surface area contributed by atoms with E-state index in [2.05, 4.69) is 23.9 Å². The van der Waals surface area contributed by atoms with Gasteiger partial charge in [-0.05, 0) is 32.6 Å². The lowest BCUT2D eigenvalue weighted by Gasteiger charge is -2.23. The molecule has 0 saturated carbocycles. The minimum atomic E-state index is -0.474. The highest BCUT2D eigenvalue weighted by Gasteiger charge is 2.26. The standard InChI is InChI=1S/C13H20N4O/c1-16(2)9-6-7-17(8-9)11-5-3-4-10(12(11)14)13(15)18/h3-5,9H,6-8,14H2,1-2H3,(H2,15,18). The van der Waals surface area contributed by atoms with Gasteiger partial charge in [-0.2, -0.15) is 0 Å². The molecular weight excluding hydrogens is 228 g/mol. The maximum absolute atomic E-state index is 11.3. The molecule has 1 fully saturated rings. The van der Waals surface area contributed by atoms with E-state index in [1.54, 1.807) is 6.07 Å². The maximum Gasteiger partial charge on any atom is 0.250 e. The number of hydrogen-bond donors (Lipinski definition) is 2. The van der Waals surface area contributed by atoms with Crippen LogP contribution in [-0.2, 0) is 0 Å². The fourth-order valence-corrected chi connectivity index (χ4v) is 2.43.